The zero-order valence-electron chi connectivity index (χ0n) is 14.5. The summed E-state index contributed by atoms with van der Waals surface area (Å²) >= 11 is 1.70. The molecular formula is C17H27N3O3S. The van der Waals surface area contributed by atoms with Gasteiger partial charge in [0.15, 0.2) is 0 Å². The van der Waals surface area contributed by atoms with Crippen LogP contribution in [0.5, 0.6) is 0 Å². The summed E-state index contributed by atoms with van der Waals surface area (Å²) in [4.78, 5) is 22.2. The standard InChI is InChI=1S/C17H27N3O3S/c1-16(12-21)10-17(11-20(16)15(22)9-23-2)3-5-19(6-4-17)8-14-7-18-13-24-14/h7,13,21H,3-6,8-12H2,1-2H3/t16-/m0/s1. The van der Waals surface area contributed by atoms with Gasteiger partial charge < -0.3 is 14.7 Å². The molecule has 134 valence electrons. The first-order valence-corrected chi connectivity index (χ1v) is 9.38. The molecule has 2 fully saturated rings. The van der Waals surface area contributed by atoms with Gasteiger partial charge in [0.05, 0.1) is 17.7 Å². The van der Waals surface area contributed by atoms with Crippen molar-refractivity contribution in [1.82, 2.24) is 14.8 Å². The first kappa shape index (κ1) is 17.8. The Morgan fingerprint density at radius 2 is 2.21 bits per heavy atom. The van der Waals surface area contributed by atoms with Crippen molar-refractivity contribution in [3.05, 3.63) is 16.6 Å². The molecule has 1 amide bonds. The number of likely N-dealkylation sites (tertiary alicyclic amines) is 2. The van der Waals surface area contributed by atoms with Crippen LogP contribution in [0.1, 0.15) is 31.1 Å². The maximum Gasteiger partial charge on any atom is 0.249 e. The highest BCUT2D eigenvalue weighted by atomic mass is 32.1. The number of aliphatic hydroxyl groups is 1. The number of hydrogen-bond acceptors (Lipinski definition) is 6. The van der Waals surface area contributed by atoms with Crippen LogP contribution in [0, 0.1) is 5.41 Å². The largest absolute Gasteiger partial charge is 0.394 e. The molecule has 0 aromatic carbocycles. The SMILES string of the molecule is COCC(=O)N1CC2(CCN(Cc3cncs3)CC2)C[C@@]1(C)CO. The van der Waals surface area contributed by atoms with Gasteiger partial charge in [0, 0.05) is 31.3 Å². The van der Waals surface area contributed by atoms with Gasteiger partial charge in [-0.2, -0.15) is 0 Å². The number of thiazole rings is 1. The Kier molecular flexibility index (Phi) is 5.24. The van der Waals surface area contributed by atoms with Crippen LogP contribution in [0.25, 0.3) is 0 Å². The van der Waals surface area contributed by atoms with Crippen molar-refractivity contribution in [3.8, 4) is 0 Å². The number of ether oxygens (including phenoxy) is 1. The Bertz CT molecular complexity index is 557. The predicted molar refractivity (Wildman–Crippen MR) is 92.8 cm³/mol. The van der Waals surface area contributed by atoms with E-state index in [4.69, 9.17) is 4.74 Å². The Morgan fingerprint density at radius 1 is 1.46 bits per heavy atom. The number of aliphatic hydroxyl groups excluding tert-OH is 1. The van der Waals surface area contributed by atoms with Crippen LogP contribution in [0.2, 0.25) is 0 Å². The molecule has 2 aliphatic heterocycles. The minimum absolute atomic E-state index is 0.00871. The molecule has 7 heteroatoms. The molecule has 3 heterocycles. The number of methoxy groups -OCH3 is 1. The van der Waals surface area contributed by atoms with Crippen molar-refractivity contribution in [3.63, 3.8) is 0 Å². The first-order chi connectivity index (χ1) is 11.5. The Balaban J connectivity index is 1.64. The predicted octanol–water partition coefficient (Wildman–Crippen LogP) is 1.35. The molecule has 2 saturated heterocycles. The van der Waals surface area contributed by atoms with Gasteiger partial charge in [-0.05, 0) is 44.7 Å². The van der Waals surface area contributed by atoms with Crippen LogP contribution in [0.3, 0.4) is 0 Å². The summed E-state index contributed by atoms with van der Waals surface area (Å²) in [6.07, 6.45) is 4.95. The van der Waals surface area contributed by atoms with Crippen molar-refractivity contribution in [2.45, 2.75) is 38.3 Å². The minimum atomic E-state index is -0.463. The number of carbonyl (C=O) groups is 1. The minimum Gasteiger partial charge on any atom is -0.394 e. The summed E-state index contributed by atoms with van der Waals surface area (Å²) in [6.45, 7) is 5.86. The molecular weight excluding hydrogens is 326 g/mol. The molecule has 24 heavy (non-hydrogen) atoms. The second-order valence-corrected chi connectivity index (χ2v) is 8.46. The van der Waals surface area contributed by atoms with Crippen molar-refractivity contribution in [2.75, 3.05) is 40.0 Å². The first-order valence-electron chi connectivity index (χ1n) is 8.50. The highest BCUT2D eigenvalue weighted by Gasteiger charge is 2.52. The second kappa shape index (κ2) is 7.07. The number of hydrogen-bond donors (Lipinski definition) is 1. The van der Waals surface area contributed by atoms with Gasteiger partial charge >= 0.3 is 0 Å². The molecule has 0 bridgehead atoms. The van der Waals surface area contributed by atoms with Crippen LogP contribution in [-0.4, -0.2) is 71.3 Å². The second-order valence-electron chi connectivity index (χ2n) is 7.49. The number of aromatic nitrogens is 1. The molecule has 6 nitrogen and oxygen atoms in total. The van der Waals surface area contributed by atoms with Gasteiger partial charge in [0.25, 0.3) is 0 Å². The van der Waals surface area contributed by atoms with Gasteiger partial charge in [-0.25, -0.2) is 0 Å². The summed E-state index contributed by atoms with van der Waals surface area (Å²) in [5.41, 5.74) is 1.55. The number of carbonyl (C=O) groups excluding carboxylic acids is 1. The van der Waals surface area contributed by atoms with Crippen molar-refractivity contribution in [1.29, 1.82) is 0 Å². The Labute approximate surface area is 147 Å². The van der Waals surface area contributed by atoms with E-state index in [1.54, 1.807) is 11.3 Å². The quantitative estimate of drug-likeness (QED) is 0.866. The fourth-order valence-electron chi connectivity index (χ4n) is 4.28. The number of rotatable bonds is 5. The van der Waals surface area contributed by atoms with E-state index in [9.17, 15) is 9.90 Å². The summed E-state index contributed by atoms with van der Waals surface area (Å²) in [5.74, 6) is -0.0157. The fourth-order valence-corrected chi connectivity index (χ4v) is 4.91. The van der Waals surface area contributed by atoms with Crippen LogP contribution >= 0.6 is 11.3 Å². The maximum absolute atomic E-state index is 12.4. The van der Waals surface area contributed by atoms with Gasteiger partial charge in [0.2, 0.25) is 5.91 Å². The topological polar surface area (TPSA) is 65.9 Å². The van der Waals surface area contributed by atoms with Crippen LogP contribution < -0.4 is 0 Å². The zero-order valence-corrected chi connectivity index (χ0v) is 15.3. The summed E-state index contributed by atoms with van der Waals surface area (Å²) in [6, 6.07) is 0. The smallest absolute Gasteiger partial charge is 0.249 e. The molecule has 2 aliphatic rings. The van der Waals surface area contributed by atoms with Crippen molar-refractivity contribution in [2.24, 2.45) is 5.41 Å². The summed E-state index contributed by atoms with van der Waals surface area (Å²) < 4.78 is 5.02. The lowest BCUT2D eigenvalue weighted by molar-refractivity contribution is -0.140. The van der Waals surface area contributed by atoms with Crippen LogP contribution in [0.4, 0.5) is 0 Å². The van der Waals surface area contributed by atoms with E-state index in [1.807, 2.05) is 23.5 Å². The third kappa shape index (κ3) is 3.49. The highest BCUT2D eigenvalue weighted by Crippen LogP contribution is 2.48. The van der Waals surface area contributed by atoms with Crippen LogP contribution in [0.15, 0.2) is 11.7 Å². The highest BCUT2D eigenvalue weighted by molar-refractivity contribution is 7.09. The summed E-state index contributed by atoms with van der Waals surface area (Å²) in [7, 11) is 1.54. The molecule has 0 radical (unpaired) electrons. The van der Waals surface area contributed by atoms with Crippen LogP contribution in [-0.2, 0) is 16.1 Å². The third-order valence-corrected chi connectivity index (χ3v) is 6.35. The molecule has 0 saturated carbocycles. The average molecular weight is 353 g/mol. The number of nitrogens with zero attached hydrogens (tertiary/aromatic N) is 3. The van der Waals surface area contributed by atoms with E-state index in [0.29, 0.717) is 0 Å². The van der Waals surface area contributed by atoms with E-state index in [1.165, 1.54) is 12.0 Å². The van der Waals surface area contributed by atoms with Gasteiger partial charge in [-0.1, -0.05) is 0 Å². The van der Waals surface area contributed by atoms with Gasteiger partial charge in [-0.3, -0.25) is 14.7 Å². The van der Waals surface area contributed by atoms with E-state index < -0.39 is 5.54 Å². The third-order valence-electron chi connectivity index (χ3n) is 5.59. The van der Waals surface area contributed by atoms with E-state index >= 15 is 0 Å². The molecule has 1 aromatic heterocycles. The fraction of sp³-hybridized carbons (Fsp3) is 0.765. The Hall–Kier alpha value is -1.02. The van der Waals surface area contributed by atoms with E-state index in [-0.39, 0.29) is 24.5 Å². The number of amides is 1. The van der Waals surface area contributed by atoms with Crippen molar-refractivity contribution >= 4 is 17.2 Å². The van der Waals surface area contributed by atoms with Crippen molar-refractivity contribution < 1.29 is 14.6 Å². The number of piperidine rings is 1. The maximum atomic E-state index is 12.4. The van der Waals surface area contributed by atoms with E-state index in [2.05, 4.69) is 9.88 Å². The molecule has 1 spiro atoms. The van der Waals surface area contributed by atoms with E-state index in [0.717, 1.165) is 45.4 Å². The molecule has 0 unspecified atom stereocenters. The normalized spacial score (nSPS) is 27.0. The lowest BCUT2D eigenvalue weighted by atomic mass is 9.74. The zero-order chi connectivity index (χ0) is 17.2. The van der Waals surface area contributed by atoms with Gasteiger partial charge in [-0.15, -0.1) is 11.3 Å². The molecule has 3 rings (SSSR count). The monoisotopic (exact) mass is 353 g/mol. The molecule has 1 atom stereocenters. The molecule has 1 N–H and O–H groups in total. The lowest BCUT2D eigenvalue weighted by Gasteiger charge is -2.39. The summed E-state index contributed by atoms with van der Waals surface area (Å²) in [5, 5.41) is 9.90. The average Bonchev–Trinajstić information content (AvgIpc) is 3.17. The Morgan fingerprint density at radius 3 is 2.79 bits per heavy atom. The molecule has 0 aliphatic carbocycles. The van der Waals surface area contributed by atoms with Gasteiger partial charge in [0.1, 0.15) is 6.61 Å². The molecule has 1 aromatic rings. The lowest BCUT2D eigenvalue weighted by Crippen LogP contribution is -2.49.